The van der Waals surface area contributed by atoms with Crippen LogP contribution in [0.25, 0.3) is 0 Å². The molecule has 110 valence electrons. The van der Waals surface area contributed by atoms with Crippen LogP contribution < -0.4 is 10.6 Å². The number of hydrogen-bond donors (Lipinski definition) is 2. The Morgan fingerprint density at radius 2 is 2.19 bits per heavy atom. The van der Waals surface area contributed by atoms with Gasteiger partial charge in [0.2, 0.25) is 5.91 Å². The van der Waals surface area contributed by atoms with Crippen LogP contribution >= 0.6 is 0 Å². The first kappa shape index (κ1) is 13.9. The molecule has 1 unspecified atom stereocenters. The number of hydrogen-bond acceptors (Lipinski definition) is 2. The fourth-order valence-electron chi connectivity index (χ4n) is 3.12. The second-order valence-electron chi connectivity index (χ2n) is 5.90. The van der Waals surface area contributed by atoms with Gasteiger partial charge in [0.15, 0.2) is 0 Å². The molecule has 0 radical (unpaired) electrons. The number of anilines is 1. The fraction of sp³-hybridized carbons (Fsp3) is 0.412. The number of carbonyl (C=O) groups is 2. The van der Waals surface area contributed by atoms with Crippen molar-refractivity contribution in [1.82, 2.24) is 5.32 Å². The summed E-state index contributed by atoms with van der Waals surface area (Å²) in [6.45, 7) is 2.72. The third-order valence-electron chi connectivity index (χ3n) is 4.36. The Bertz CT molecular complexity index is 619. The molecule has 2 amide bonds. The number of allylic oxidation sites excluding steroid dienone is 1. The molecule has 21 heavy (non-hydrogen) atoms. The van der Waals surface area contributed by atoms with E-state index in [1.54, 1.807) is 0 Å². The van der Waals surface area contributed by atoms with Gasteiger partial charge < -0.3 is 10.6 Å². The zero-order valence-corrected chi connectivity index (χ0v) is 12.2. The van der Waals surface area contributed by atoms with E-state index in [0.29, 0.717) is 13.0 Å². The van der Waals surface area contributed by atoms with Gasteiger partial charge in [0.05, 0.1) is 0 Å². The van der Waals surface area contributed by atoms with Crippen molar-refractivity contribution in [2.24, 2.45) is 0 Å². The highest BCUT2D eigenvalue weighted by Crippen LogP contribution is 2.28. The van der Waals surface area contributed by atoms with Gasteiger partial charge in [-0.2, -0.15) is 0 Å². The molecule has 1 fully saturated rings. The van der Waals surface area contributed by atoms with Crippen LogP contribution in [0.15, 0.2) is 35.4 Å². The van der Waals surface area contributed by atoms with Crippen LogP contribution in [0.4, 0.5) is 5.69 Å². The van der Waals surface area contributed by atoms with Crippen molar-refractivity contribution in [3.63, 3.8) is 0 Å². The molecule has 4 heteroatoms. The topological polar surface area (TPSA) is 58.2 Å². The van der Waals surface area contributed by atoms with E-state index < -0.39 is 0 Å². The predicted molar refractivity (Wildman–Crippen MR) is 82.0 cm³/mol. The number of nitrogens with one attached hydrogen (secondary N) is 2. The number of amides is 2. The zero-order chi connectivity index (χ0) is 14.8. The summed E-state index contributed by atoms with van der Waals surface area (Å²) < 4.78 is 0. The molecule has 2 N–H and O–H groups in total. The highest BCUT2D eigenvalue weighted by atomic mass is 16.2. The smallest absolute Gasteiger partial charge is 0.251 e. The normalized spacial score (nSPS) is 21.6. The van der Waals surface area contributed by atoms with Gasteiger partial charge in [0.1, 0.15) is 0 Å². The van der Waals surface area contributed by atoms with Crippen LogP contribution in [0.2, 0.25) is 0 Å². The van der Waals surface area contributed by atoms with Crippen LogP contribution in [0.3, 0.4) is 0 Å². The molecule has 1 aromatic rings. The molecule has 0 bridgehead atoms. The van der Waals surface area contributed by atoms with Crippen molar-refractivity contribution in [1.29, 1.82) is 0 Å². The average Bonchev–Trinajstić information content (AvgIpc) is 3.08. The van der Waals surface area contributed by atoms with Crippen molar-refractivity contribution in [3.8, 4) is 0 Å². The average molecular weight is 284 g/mol. The maximum Gasteiger partial charge on any atom is 0.251 e. The van der Waals surface area contributed by atoms with Crippen molar-refractivity contribution in [2.75, 3.05) is 11.9 Å². The summed E-state index contributed by atoms with van der Waals surface area (Å²) in [5, 5.41) is 5.83. The van der Waals surface area contributed by atoms with Gasteiger partial charge in [0, 0.05) is 30.1 Å². The van der Waals surface area contributed by atoms with Crippen molar-refractivity contribution in [3.05, 3.63) is 41.0 Å². The van der Waals surface area contributed by atoms with E-state index in [4.69, 9.17) is 0 Å². The molecule has 1 aromatic carbocycles. The van der Waals surface area contributed by atoms with Gasteiger partial charge in [-0.1, -0.05) is 17.7 Å². The van der Waals surface area contributed by atoms with E-state index >= 15 is 0 Å². The van der Waals surface area contributed by atoms with Gasteiger partial charge in [0.25, 0.3) is 5.91 Å². The van der Waals surface area contributed by atoms with Crippen LogP contribution in [0.1, 0.15) is 44.1 Å². The molecule has 0 spiro atoms. The largest absolute Gasteiger partial charge is 0.355 e. The van der Waals surface area contributed by atoms with E-state index in [-0.39, 0.29) is 17.7 Å². The van der Waals surface area contributed by atoms with Gasteiger partial charge in [-0.15, -0.1) is 0 Å². The third kappa shape index (κ3) is 2.99. The molecule has 4 nitrogen and oxygen atoms in total. The lowest BCUT2D eigenvalue weighted by Gasteiger charge is -2.11. The standard InChI is InChI=1S/C17H20N2O2/c1-11-4-2-7-15(11)17(21)19-14-6-3-5-12(8-14)13-9-16(20)18-10-13/h3,5-6,8,13H,2,4,7,9-10H2,1H3,(H,18,20)(H,19,21). The number of carbonyl (C=O) groups excluding carboxylic acids is 2. The minimum absolute atomic E-state index is 0.0165. The van der Waals surface area contributed by atoms with E-state index in [1.165, 1.54) is 5.57 Å². The highest BCUT2D eigenvalue weighted by Gasteiger charge is 2.23. The highest BCUT2D eigenvalue weighted by molar-refractivity contribution is 6.04. The molecule has 1 aliphatic carbocycles. The minimum atomic E-state index is 0.0165. The Hall–Kier alpha value is -2.10. The molecule has 0 aromatic heterocycles. The Kier molecular flexibility index (Phi) is 3.78. The second-order valence-corrected chi connectivity index (χ2v) is 5.90. The molecule has 1 atom stereocenters. The summed E-state index contributed by atoms with van der Waals surface area (Å²) in [6.07, 6.45) is 3.50. The van der Waals surface area contributed by atoms with E-state index in [9.17, 15) is 9.59 Å². The Labute approximate surface area is 124 Å². The van der Waals surface area contributed by atoms with E-state index in [1.807, 2.05) is 31.2 Å². The SMILES string of the molecule is CC1=C(C(=O)Nc2cccc(C3CNC(=O)C3)c2)CCC1. The summed E-state index contributed by atoms with van der Waals surface area (Å²) in [6, 6.07) is 7.83. The van der Waals surface area contributed by atoms with Gasteiger partial charge in [-0.3, -0.25) is 9.59 Å². The van der Waals surface area contributed by atoms with Gasteiger partial charge in [-0.25, -0.2) is 0 Å². The summed E-state index contributed by atoms with van der Waals surface area (Å²) in [5.74, 6) is 0.325. The van der Waals surface area contributed by atoms with Crippen molar-refractivity contribution >= 4 is 17.5 Å². The monoisotopic (exact) mass is 284 g/mol. The summed E-state index contributed by atoms with van der Waals surface area (Å²) in [4.78, 5) is 23.6. The minimum Gasteiger partial charge on any atom is -0.355 e. The molecule has 1 saturated heterocycles. The molecule has 0 saturated carbocycles. The van der Waals surface area contributed by atoms with Crippen molar-refractivity contribution in [2.45, 2.75) is 38.5 Å². The Morgan fingerprint density at radius 1 is 1.33 bits per heavy atom. The quantitative estimate of drug-likeness (QED) is 0.896. The lowest BCUT2D eigenvalue weighted by molar-refractivity contribution is -0.119. The first-order valence-electron chi connectivity index (χ1n) is 7.50. The Morgan fingerprint density at radius 3 is 2.86 bits per heavy atom. The lowest BCUT2D eigenvalue weighted by atomic mass is 9.98. The van der Waals surface area contributed by atoms with Crippen LogP contribution in [-0.2, 0) is 9.59 Å². The number of rotatable bonds is 3. The van der Waals surface area contributed by atoms with E-state index in [0.717, 1.165) is 36.1 Å². The Balaban J connectivity index is 1.73. The molecule has 2 aliphatic rings. The van der Waals surface area contributed by atoms with Crippen LogP contribution in [-0.4, -0.2) is 18.4 Å². The lowest BCUT2D eigenvalue weighted by Crippen LogP contribution is -2.15. The predicted octanol–water partition coefficient (Wildman–Crippen LogP) is 2.73. The third-order valence-corrected chi connectivity index (χ3v) is 4.36. The van der Waals surface area contributed by atoms with Gasteiger partial charge >= 0.3 is 0 Å². The molecular weight excluding hydrogens is 264 g/mol. The van der Waals surface area contributed by atoms with Crippen LogP contribution in [0, 0.1) is 0 Å². The first-order chi connectivity index (χ1) is 10.1. The van der Waals surface area contributed by atoms with Gasteiger partial charge in [-0.05, 0) is 43.9 Å². The first-order valence-corrected chi connectivity index (χ1v) is 7.50. The molecule has 1 aliphatic heterocycles. The van der Waals surface area contributed by atoms with Crippen LogP contribution in [0.5, 0.6) is 0 Å². The molecule has 1 heterocycles. The maximum atomic E-state index is 12.3. The maximum absolute atomic E-state index is 12.3. The van der Waals surface area contributed by atoms with E-state index in [2.05, 4.69) is 10.6 Å². The number of benzene rings is 1. The summed E-state index contributed by atoms with van der Waals surface area (Å²) >= 11 is 0. The fourth-order valence-corrected chi connectivity index (χ4v) is 3.12. The summed E-state index contributed by atoms with van der Waals surface area (Å²) in [7, 11) is 0. The molecule has 3 rings (SSSR count). The summed E-state index contributed by atoms with van der Waals surface area (Å²) in [5.41, 5.74) is 4.04. The molecular formula is C17H20N2O2. The zero-order valence-electron chi connectivity index (χ0n) is 12.2. The second kappa shape index (κ2) is 5.72. The van der Waals surface area contributed by atoms with Crippen molar-refractivity contribution < 1.29 is 9.59 Å².